The van der Waals surface area contributed by atoms with Crippen LogP contribution in [0.1, 0.15) is 57.7 Å². The summed E-state index contributed by atoms with van der Waals surface area (Å²) < 4.78 is 2.36. The molecule has 3 heteroatoms. The van der Waals surface area contributed by atoms with Gasteiger partial charge in [0, 0.05) is 24.8 Å². The molecule has 1 aliphatic carbocycles. The topological polar surface area (TPSA) is 29.9 Å². The molecule has 0 bridgehead atoms. The second kappa shape index (κ2) is 5.48. The average Bonchev–Trinajstić information content (AvgIpc) is 3.02. The summed E-state index contributed by atoms with van der Waals surface area (Å²) in [6.45, 7) is 5.49. The van der Waals surface area contributed by atoms with E-state index in [1.54, 1.807) is 0 Å². The van der Waals surface area contributed by atoms with Gasteiger partial charge in [0.15, 0.2) is 0 Å². The van der Waals surface area contributed by atoms with Crippen molar-refractivity contribution in [2.24, 2.45) is 0 Å². The Balaban J connectivity index is 1.97. The maximum atomic E-state index is 4.29. The van der Waals surface area contributed by atoms with Gasteiger partial charge < -0.3 is 9.88 Å². The van der Waals surface area contributed by atoms with Gasteiger partial charge in [-0.15, -0.1) is 0 Å². The molecule has 16 heavy (non-hydrogen) atoms. The third kappa shape index (κ3) is 2.85. The third-order valence-corrected chi connectivity index (χ3v) is 3.38. The SMILES string of the molecule is CCCC(CC)n1cncc1CNC1CC1. The van der Waals surface area contributed by atoms with E-state index >= 15 is 0 Å². The van der Waals surface area contributed by atoms with Crippen molar-refractivity contribution in [1.82, 2.24) is 14.9 Å². The maximum Gasteiger partial charge on any atom is 0.0951 e. The van der Waals surface area contributed by atoms with Crippen molar-refractivity contribution in [2.45, 2.75) is 64.6 Å². The second-order valence-corrected chi connectivity index (χ2v) is 4.80. The van der Waals surface area contributed by atoms with Crippen LogP contribution >= 0.6 is 0 Å². The molecule has 0 aliphatic heterocycles. The van der Waals surface area contributed by atoms with Crippen LogP contribution in [0.25, 0.3) is 0 Å². The van der Waals surface area contributed by atoms with Gasteiger partial charge in [0.25, 0.3) is 0 Å². The summed E-state index contributed by atoms with van der Waals surface area (Å²) in [7, 11) is 0. The van der Waals surface area contributed by atoms with Gasteiger partial charge in [0.1, 0.15) is 0 Å². The lowest BCUT2D eigenvalue weighted by Crippen LogP contribution is -2.19. The highest BCUT2D eigenvalue weighted by molar-refractivity contribution is 5.01. The standard InChI is InChI=1S/C13H23N3/c1-3-5-12(4-2)16-10-14-8-13(16)9-15-11-6-7-11/h8,10-12,15H,3-7,9H2,1-2H3. The minimum absolute atomic E-state index is 0.628. The number of hydrogen-bond donors (Lipinski definition) is 1. The molecule has 1 N–H and O–H groups in total. The number of aromatic nitrogens is 2. The minimum atomic E-state index is 0.628. The number of rotatable bonds is 7. The summed E-state index contributed by atoms with van der Waals surface area (Å²) in [5.74, 6) is 0. The fraction of sp³-hybridized carbons (Fsp3) is 0.769. The molecule has 0 saturated heterocycles. The van der Waals surface area contributed by atoms with E-state index in [9.17, 15) is 0 Å². The zero-order valence-corrected chi connectivity index (χ0v) is 10.4. The van der Waals surface area contributed by atoms with Crippen molar-refractivity contribution >= 4 is 0 Å². The Bertz CT molecular complexity index is 315. The van der Waals surface area contributed by atoms with Crippen LogP contribution in [-0.2, 0) is 6.54 Å². The van der Waals surface area contributed by atoms with E-state index in [1.807, 2.05) is 12.5 Å². The monoisotopic (exact) mass is 221 g/mol. The van der Waals surface area contributed by atoms with E-state index in [0.29, 0.717) is 6.04 Å². The Labute approximate surface area is 98.3 Å². The number of imidazole rings is 1. The quantitative estimate of drug-likeness (QED) is 0.767. The lowest BCUT2D eigenvalue weighted by atomic mass is 10.1. The van der Waals surface area contributed by atoms with E-state index in [2.05, 4.69) is 28.7 Å². The molecule has 2 rings (SSSR count). The summed E-state index contributed by atoms with van der Waals surface area (Å²) >= 11 is 0. The Morgan fingerprint density at radius 3 is 2.94 bits per heavy atom. The fourth-order valence-electron chi connectivity index (χ4n) is 2.21. The molecule has 1 unspecified atom stereocenters. The Morgan fingerprint density at radius 1 is 1.50 bits per heavy atom. The van der Waals surface area contributed by atoms with Gasteiger partial charge in [0.2, 0.25) is 0 Å². The van der Waals surface area contributed by atoms with Crippen LogP contribution in [0.4, 0.5) is 0 Å². The zero-order valence-electron chi connectivity index (χ0n) is 10.4. The van der Waals surface area contributed by atoms with Gasteiger partial charge in [-0.25, -0.2) is 4.98 Å². The largest absolute Gasteiger partial charge is 0.330 e. The van der Waals surface area contributed by atoms with Crippen LogP contribution in [0.15, 0.2) is 12.5 Å². The van der Waals surface area contributed by atoms with Crippen LogP contribution in [0.2, 0.25) is 0 Å². The van der Waals surface area contributed by atoms with Crippen LogP contribution in [-0.4, -0.2) is 15.6 Å². The van der Waals surface area contributed by atoms with Gasteiger partial charge in [-0.3, -0.25) is 0 Å². The Morgan fingerprint density at radius 2 is 2.31 bits per heavy atom. The molecule has 0 spiro atoms. The summed E-state index contributed by atoms with van der Waals surface area (Å²) in [5, 5.41) is 3.56. The smallest absolute Gasteiger partial charge is 0.0951 e. The first-order valence-electron chi connectivity index (χ1n) is 6.59. The summed E-state index contributed by atoms with van der Waals surface area (Å²) in [5.41, 5.74) is 1.34. The Hall–Kier alpha value is -0.830. The normalized spacial score (nSPS) is 17.6. The first kappa shape index (κ1) is 11.6. The average molecular weight is 221 g/mol. The molecule has 90 valence electrons. The lowest BCUT2D eigenvalue weighted by Gasteiger charge is -2.19. The first-order valence-corrected chi connectivity index (χ1v) is 6.59. The van der Waals surface area contributed by atoms with Crippen molar-refractivity contribution in [3.63, 3.8) is 0 Å². The molecule has 1 aliphatic rings. The van der Waals surface area contributed by atoms with Crippen molar-refractivity contribution in [3.8, 4) is 0 Å². The summed E-state index contributed by atoms with van der Waals surface area (Å²) in [6, 6.07) is 1.40. The molecular weight excluding hydrogens is 198 g/mol. The van der Waals surface area contributed by atoms with Crippen LogP contribution in [0.3, 0.4) is 0 Å². The van der Waals surface area contributed by atoms with Crippen LogP contribution in [0.5, 0.6) is 0 Å². The van der Waals surface area contributed by atoms with Gasteiger partial charge in [-0.2, -0.15) is 0 Å². The minimum Gasteiger partial charge on any atom is -0.330 e. The molecule has 0 amide bonds. The molecule has 0 aromatic carbocycles. The second-order valence-electron chi connectivity index (χ2n) is 4.80. The van der Waals surface area contributed by atoms with Gasteiger partial charge >= 0.3 is 0 Å². The summed E-state index contributed by atoms with van der Waals surface area (Å²) in [6.07, 6.45) is 10.4. The predicted molar refractivity (Wildman–Crippen MR) is 66.3 cm³/mol. The highest BCUT2D eigenvalue weighted by Crippen LogP contribution is 2.22. The number of hydrogen-bond acceptors (Lipinski definition) is 2. The van der Waals surface area contributed by atoms with Crippen LogP contribution < -0.4 is 5.32 Å². The maximum absolute atomic E-state index is 4.29. The van der Waals surface area contributed by atoms with Crippen molar-refractivity contribution < 1.29 is 0 Å². The summed E-state index contributed by atoms with van der Waals surface area (Å²) in [4.78, 5) is 4.29. The fourth-order valence-corrected chi connectivity index (χ4v) is 2.21. The molecule has 1 heterocycles. The molecule has 1 saturated carbocycles. The molecule has 1 fully saturated rings. The number of nitrogens with one attached hydrogen (secondary N) is 1. The molecular formula is C13H23N3. The highest BCUT2D eigenvalue weighted by atomic mass is 15.1. The third-order valence-electron chi connectivity index (χ3n) is 3.38. The van der Waals surface area contributed by atoms with Crippen molar-refractivity contribution in [2.75, 3.05) is 0 Å². The van der Waals surface area contributed by atoms with Gasteiger partial charge in [-0.1, -0.05) is 20.3 Å². The highest BCUT2D eigenvalue weighted by Gasteiger charge is 2.21. The number of nitrogens with zero attached hydrogens (tertiary/aromatic N) is 2. The zero-order chi connectivity index (χ0) is 11.4. The molecule has 3 nitrogen and oxygen atoms in total. The molecule has 1 aromatic heterocycles. The molecule has 1 aromatic rings. The van der Waals surface area contributed by atoms with E-state index in [-0.39, 0.29) is 0 Å². The van der Waals surface area contributed by atoms with Gasteiger partial charge in [-0.05, 0) is 25.7 Å². The van der Waals surface area contributed by atoms with E-state index < -0.39 is 0 Å². The molecule has 1 atom stereocenters. The first-order chi connectivity index (χ1) is 7.85. The van der Waals surface area contributed by atoms with E-state index in [4.69, 9.17) is 0 Å². The van der Waals surface area contributed by atoms with Gasteiger partial charge in [0.05, 0.1) is 12.0 Å². The van der Waals surface area contributed by atoms with E-state index in [1.165, 1.54) is 37.8 Å². The lowest BCUT2D eigenvalue weighted by molar-refractivity contribution is 0.430. The predicted octanol–water partition coefficient (Wildman–Crippen LogP) is 2.89. The van der Waals surface area contributed by atoms with E-state index in [0.717, 1.165) is 12.6 Å². The Kier molecular flexibility index (Phi) is 3.99. The van der Waals surface area contributed by atoms with Crippen LogP contribution in [0, 0.1) is 0 Å². The molecule has 0 radical (unpaired) electrons. The van der Waals surface area contributed by atoms with Crippen molar-refractivity contribution in [3.05, 3.63) is 18.2 Å². The van der Waals surface area contributed by atoms with Crippen molar-refractivity contribution in [1.29, 1.82) is 0 Å².